The average Bonchev–Trinajstić information content (AvgIpc) is 3.12. The van der Waals surface area contributed by atoms with Crippen LogP contribution in [0.5, 0.6) is 0 Å². The lowest BCUT2D eigenvalue weighted by molar-refractivity contribution is 0.186. The fourth-order valence-corrected chi connectivity index (χ4v) is 3.21. The maximum atomic E-state index is 11.9. The molecule has 128 valence electrons. The molecule has 7 nitrogen and oxygen atoms in total. The number of hydrogen-bond donors (Lipinski definition) is 0. The quantitative estimate of drug-likeness (QED) is 0.725. The van der Waals surface area contributed by atoms with E-state index in [-0.39, 0.29) is 11.6 Å². The second-order valence-corrected chi connectivity index (χ2v) is 6.40. The van der Waals surface area contributed by atoms with Gasteiger partial charge in [-0.15, -0.1) is 5.10 Å². The highest BCUT2D eigenvalue weighted by Crippen LogP contribution is 2.25. The van der Waals surface area contributed by atoms with Crippen LogP contribution in [-0.2, 0) is 20.0 Å². The number of para-hydroxylation sites is 1. The van der Waals surface area contributed by atoms with Gasteiger partial charge in [-0.1, -0.05) is 23.4 Å². The summed E-state index contributed by atoms with van der Waals surface area (Å²) >= 11 is 0. The Morgan fingerprint density at radius 2 is 2.00 bits per heavy atom. The molecular weight excluding hydrogens is 316 g/mol. The first-order valence-electron chi connectivity index (χ1n) is 8.39. The Morgan fingerprint density at radius 3 is 2.80 bits per heavy atom. The van der Waals surface area contributed by atoms with E-state index < -0.39 is 0 Å². The number of benzene rings is 1. The van der Waals surface area contributed by atoms with Crippen molar-refractivity contribution in [3.63, 3.8) is 0 Å². The maximum absolute atomic E-state index is 11.9. The lowest BCUT2D eigenvalue weighted by Crippen LogP contribution is -2.36. The second kappa shape index (κ2) is 6.25. The van der Waals surface area contributed by atoms with E-state index in [1.165, 1.54) is 4.68 Å². The number of rotatable bonds is 3. The predicted molar refractivity (Wildman–Crippen MR) is 93.4 cm³/mol. The molecule has 25 heavy (non-hydrogen) atoms. The summed E-state index contributed by atoms with van der Waals surface area (Å²) in [6, 6.07) is 11.8. The van der Waals surface area contributed by atoms with Gasteiger partial charge < -0.3 is 0 Å². The number of nitrogens with zero attached hydrogens (tertiary/aromatic N) is 6. The Balaban J connectivity index is 1.56. The van der Waals surface area contributed by atoms with Crippen molar-refractivity contribution in [2.24, 2.45) is 7.05 Å². The van der Waals surface area contributed by atoms with E-state index in [0.29, 0.717) is 6.54 Å². The number of hydrogen-bond acceptors (Lipinski definition) is 5. The molecular formula is C18H20N6O. The molecule has 0 fully saturated rings. The van der Waals surface area contributed by atoms with Crippen LogP contribution >= 0.6 is 0 Å². The summed E-state index contributed by atoms with van der Waals surface area (Å²) in [6.45, 7) is 3.72. The Labute approximate surface area is 145 Å². The van der Waals surface area contributed by atoms with Gasteiger partial charge in [0.2, 0.25) is 0 Å². The van der Waals surface area contributed by atoms with Crippen molar-refractivity contribution in [3.05, 3.63) is 69.9 Å². The van der Waals surface area contributed by atoms with Gasteiger partial charge in [0, 0.05) is 32.6 Å². The molecule has 0 radical (unpaired) electrons. The molecule has 0 unspecified atom stereocenters. The molecule has 1 aliphatic rings. The van der Waals surface area contributed by atoms with Crippen LogP contribution in [0.25, 0.3) is 5.69 Å². The van der Waals surface area contributed by atoms with Crippen molar-refractivity contribution in [3.8, 4) is 5.69 Å². The smallest absolute Gasteiger partial charge is 0.266 e. The first-order chi connectivity index (χ1) is 12.1. The van der Waals surface area contributed by atoms with Crippen molar-refractivity contribution in [2.75, 3.05) is 6.54 Å². The van der Waals surface area contributed by atoms with E-state index in [1.54, 1.807) is 17.8 Å². The largest absolute Gasteiger partial charge is 0.290 e. The monoisotopic (exact) mass is 336 g/mol. The summed E-state index contributed by atoms with van der Waals surface area (Å²) in [5.41, 5.74) is 3.87. The summed E-state index contributed by atoms with van der Waals surface area (Å²) in [5.74, 6) is 0. The minimum atomic E-state index is -0.0664. The van der Waals surface area contributed by atoms with Crippen LogP contribution in [0, 0.1) is 0 Å². The molecule has 4 rings (SSSR count). The summed E-state index contributed by atoms with van der Waals surface area (Å²) in [6.07, 6.45) is 2.80. The summed E-state index contributed by atoms with van der Waals surface area (Å²) < 4.78 is 3.20. The highest BCUT2D eigenvalue weighted by atomic mass is 16.1. The van der Waals surface area contributed by atoms with Gasteiger partial charge in [-0.3, -0.25) is 9.69 Å². The van der Waals surface area contributed by atoms with Gasteiger partial charge in [-0.05, 0) is 24.6 Å². The van der Waals surface area contributed by atoms with Crippen molar-refractivity contribution >= 4 is 0 Å². The lowest BCUT2D eigenvalue weighted by Gasteiger charge is -2.32. The minimum Gasteiger partial charge on any atom is -0.290 e. The van der Waals surface area contributed by atoms with E-state index in [9.17, 15) is 4.79 Å². The Bertz CT molecular complexity index is 946. The molecule has 0 aliphatic carbocycles. The summed E-state index contributed by atoms with van der Waals surface area (Å²) in [4.78, 5) is 14.2. The van der Waals surface area contributed by atoms with Gasteiger partial charge in [-0.2, -0.15) is 5.10 Å². The molecule has 2 aromatic heterocycles. The van der Waals surface area contributed by atoms with Gasteiger partial charge in [0.15, 0.2) is 0 Å². The van der Waals surface area contributed by atoms with Gasteiger partial charge >= 0.3 is 0 Å². The molecule has 0 spiro atoms. The average molecular weight is 336 g/mol. The SMILES string of the molecule is C[C@@H](c1cn(-c2ccccc2)nn1)N1CCc2nn(C)c(=O)cc2C1. The third kappa shape index (κ3) is 2.98. The zero-order valence-electron chi connectivity index (χ0n) is 14.3. The van der Waals surface area contributed by atoms with E-state index in [4.69, 9.17) is 0 Å². The van der Waals surface area contributed by atoms with Gasteiger partial charge in [0.05, 0.1) is 23.6 Å². The molecule has 0 saturated heterocycles. The van der Waals surface area contributed by atoms with Gasteiger partial charge in [0.25, 0.3) is 5.56 Å². The van der Waals surface area contributed by atoms with Crippen molar-refractivity contribution in [2.45, 2.75) is 25.9 Å². The Morgan fingerprint density at radius 1 is 1.20 bits per heavy atom. The molecule has 0 bridgehead atoms. The molecule has 3 aromatic rings. The van der Waals surface area contributed by atoms with Crippen LogP contribution in [0.3, 0.4) is 0 Å². The van der Waals surface area contributed by atoms with Crippen LogP contribution in [-0.4, -0.2) is 36.2 Å². The summed E-state index contributed by atoms with van der Waals surface area (Å²) in [7, 11) is 1.69. The molecule has 0 amide bonds. The van der Waals surface area contributed by atoms with E-state index in [1.807, 2.05) is 36.5 Å². The van der Waals surface area contributed by atoms with E-state index in [2.05, 4.69) is 27.2 Å². The standard InChI is InChI=1S/C18H20N6O/c1-13(17-12-24(21-19-17)15-6-4-3-5-7-15)23-9-8-16-14(11-23)10-18(25)22(2)20-16/h3-7,10,12-13H,8-9,11H2,1-2H3/t13-/m0/s1. The predicted octanol–water partition coefficient (Wildman–Crippen LogP) is 1.48. The highest BCUT2D eigenvalue weighted by molar-refractivity contribution is 5.30. The van der Waals surface area contributed by atoms with Crippen LogP contribution in [0.1, 0.15) is 29.9 Å². The van der Waals surface area contributed by atoms with Gasteiger partial charge in [0.1, 0.15) is 5.69 Å². The van der Waals surface area contributed by atoms with Crippen molar-refractivity contribution in [1.29, 1.82) is 0 Å². The lowest BCUT2D eigenvalue weighted by atomic mass is 10.0. The summed E-state index contributed by atoms with van der Waals surface area (Å²) in [5, 5.41) is 13.0. The molecule has 3 heterocycles. The number of aryl methyl sites for hydroxylation is 1. The van der Waals surface area contributed by atoms with E-state index >= 15 is 0 Å². The minimum absolute atomic E-state index is 0.0664. The van der Waals surface area contributed by atoms with Crippen LogP contribution in [0.2, 0.25) is 0 Å². The molecule has 0 N–H and O–H groups in total. The molecule has 1 aliphatic heterocycles. The second-order valence-electron chi connectivity index (χ2n) is 6.40. The number of aromatic nitrogens is 5. The molecule has 1 atom stereocenters. The molecule has 7 heteroatoms. The number of fused-ring (bicyclic) bond motifs is 1. The Hall–Kier alpha value is -2.80. The van der Waals surface area contributed by atoms with Crippen molar-refractivity contribution in [1.82, 2.24) is 29.7 Å². The normalized spacial score (nSPS) is 15.8. The van der Waals surface area contributed by atoms with Crippen molar-refractivity contribution < 1.29 is 0 Å². The van der Waals surface area contributed by atoms with E-state index in [0.717, 1.165) is 35.6 Å². The third-order valence-electron chi connectivity index (χ3n) is 4.77. The zero-order valence-corrected chi connectivity index (χ0v) is 14.3. The van der Waals surface area contributed by atoms with Crippen LogP contribution in [0.4, 0.5) is 0 Å². The Kier molecular flexibility index (Phi) is 3.93. The zero-order chi connectivity index (χ0) is 17.4. The van der Waals surface area contributed by atoms with Crippen LogP contribution < -0.4 is 5.56 Å². The highest BCUT2D eigenvalue weighted by Gasteiger charge is 2.25. The molecule has 1 aromatic carbocycles. The van der Waals surface area contributed by atoms with Gasteiger partial charge in [-0.25, -0.2) is 9.36 Å². The molecule has 0 saturated carbocycles. The first-order valence-corrected chi connectivity index (χ1v) is 8.39. The fourth-order valence-electron chi connectivity index (χ4n) is 3.21. The van der Waals surface area contributed by atoms with Crippen LogP contribution in [0.15, 0.2) is 47.4 Å². The third-order valence-corrected chi connectivity index (χ3v) is 4.77. The fraction of sp³-hybridized carbons (Fsp3) is 0.333. The first kappa shape index (κ1) is 15.7. The maximum Gasteiger partial charge on any atom is 0.266 e. The topological polar surface area (TPSA) is 68.8 Å².